The summed E-state index contributed by atoms with van der Waals surface area (Å²) in [6.07, 6.45) is 3.05. The minimum atomic E-state index is -3.67. The lowest BCUT2D eigenvalue weighted by Gasteiger charge is -2.19. The second-order valence-corrected chi connectivity index (χ2v) is 13.4. The molecule has 13 heteroatoms. The molecule has 1 aliphatic rings. The summed E-state index contributed by atoms with van der Waals surface area (Å²) in [5, 5.41) is 11.9. The topological polar surface area (TPSA) is 138 Å². The summed E-state index contributed by atoms with van der Waals surface area (Å²) in [7, 11) is -4.85. The van der Waals surface area contributed by atoms with Crippen molar-refractivity contribution in [3.8, 4) is 11.3 Å². The van der Waals surface area contributed by atoms with E-state index in [1.54, 1.807) is 24.6 Å². The van der Waals surface area contributed by atoms with Gasteiger partial charge < -0.3 is 5.11 Å². The van der Waals surface area contributed by atoms with E-state index in [1.165, 1.54) is 23.5 Å². The van der Waals surface area contributed by atoms with Crippen LogP contribution >= 0.6 is 22.9 Å². The number of amides is 1. The van der Waals surface area contributed by atoms with E-state index < -0.39 is 38.2 Å². The van der Waals surface area contributed by atoms with Gasteiger partial charge in [-0.15, -0.1) is 11.3 Å². The first-order valence-electron chi connectivity index (χ1n) is 11.1. The number of carbonyl (C=O) groups is 1. The van der Waals surface area contributed by atoms with Crippen molar-refractivity contribution in [1.82, 2.24) is 14.7 Å². The maximum atomic E-state index is 13.0. The van der Waals surface area contributed by atoms with E-state index in [9.17, 15) is 17.4 Å². The molecule has 192 valence electrons. The van der Waals surface area contributed by atoms with Gasteiger partial charge in [0, 0.05) is 43.3 Å². The molecule has 4 aromatic rings. The lowest BCUT2D eigenvalue weighted by Crippen LogP contribution is -2.32. The summed E-state index contributed by atoms with van der Waals surface area (Å²) in [6.45, 7) is 0. The maximum Gasteiger partial charge on any atom is 0.410 e. The first kappa shape index (κ1) is 25.7. The number of fused-ring (bicyclic) bond motifs is 1. The highest BCUT2D eigenvalue weighted by molar-refractivity contribution is 7.90. The van der Waals surface area contributed by atoms with Crippen LogP contribution in [-0.2, 0) is 20.8 Å². The van der Waals surface area contributed by atoms with Crippen molar-refractivity contribution < 1.29 is 22.5 Å². The summed E-state index contributed by atoms with van der Waals surface area (Å²) >= 11 is 7.83. The minimum absolute atomic E-state index is 0.0258. The van der Waals surface area contributed by atoms with E-state index in [0.717, 1.165) is 15.6 Å². The molecule has 3 N–H and O–H groups in total. The zero-order valence-electron chi connectivity index (χ0n) is 19.3. The van der Waals surface area contributed by atoms with Crippen LogP contribution < -0.4 is 10.0 Å². The van der Waals surface area contributed by atoms with Crippen molar-refractivity contribution in [3.05, 3.63) is 70.3 Å². The maximum absolute atomic E-state index is 13.0. The molecule has 0 aliphatic heterocycles. The number of halogens is 1. The summed E-state index contributed by atoms with van der Waals surface area (Å²) in [5.74, 6) is 0.0258. The Morgan fingerprint density at radius 2 is 2.00 bits per heavy atom. The van der Waals surface area contributed by atoms with Gasteiger partial charge >= 0.3 is 6.09 Å². The molecule has 3 heterocycles. The van der Waals surface area contributed by atoms with Crippen LogP contribution in [0.1, 0.15) is 29.5 Å². The van der Waals surface area contributed by atoms with Crippen LogP contribution in [0.2, 0.25) is 5.02 Å². The number of carboxylic acid groups (broad SMARTS) is 1. The second-order valence-electron chi connectivity index (χ2n) is 8.49. The van der Waals surface area contributed by atoms with Gasteiger partial charge in [-0.2, -0.15) is 0 Å². The molecule has 37 heavy (non-hydrogen) atoms. The average molecular weight is 577 g/mol. The summed E-state index contributed by atoms with van der Waals surface area (Å²) in [4.78, 5) is 21.2. The zero-order chi connectivity index (χ0) is 26.3. The van der Waals surface area contributed by atoms with Crippen molar-refractivity contribution in [2.24, 2.45) is 0 Å². The third-order valence-electron chi connectivity index (χ3n) is 5.81. The molecule has 9 nitrogen and oxygen atoms in total. The van der Waals surface area contributed by atoms with E-state index in [4.69, 9.17) is 16.7 Å². The Balaban J connectivity index is 1.65. The third kappa shape index (κ3) is 5.53. The largest absolute Gasteiger partial charge is 0.465 e. The number of rotatable bonds is 8. The Bertz CT molecular complexity index is 1650. The molecule has 1 amide bonds. The van der Waals surface area contributed by atoms with Crippen molar-refractivity contribution in [1.29, 1.82) is 0 Å². The van der Waals surface area contributed by atoms with E-state index in [2.05, 4.69) is 20.0 Å². The molecule has 5 rings (SSSR count). The lowest BCUT2D eigenvalue weighted by molar-refractivity contribution is 0.209. The van der Waals surface area contributed by atoms with E-state index >= 15 is 0 Å². The Kier molecular flexibility index (Phi) is 7.03. The Hall–Kier alpha value is -2.90. The molecule has 1 aromatic carbocycles. The van der Waals surface area contributed by atoms with E-state index in [1.807, 2.05) is 24.3 Å². The van der Waals surface area contributed by atoms with Crippen LogP contribution in [0.15, 0.2) is 59.6 Å². The van der Waals surface area contributed by atoms with Gasteiger partial charge in [-0.3, -0.25) is 14.5 Å². The number of hydrogen-bond donors (Lipinski definition) is 3. The predicted molar refractivity (Wildman–Crippen MR) is 145 cm³/mol. The first-order valence-corrected chi connectivity index (χ1v) is 15.4. The van der Waals surface area contributed by atoms with Gasteiger partial charge in [0.2, 0.25) is 10.0 Å². The smallest absolute Gasteiger partial charge is 0.410 e. The monoisotopic (exact) mass is 576 g/mol. The number of nitrogens with one attached hydrogen (secondary N) is 2. The number of benzene rings is 1. The summed E-state index contributed by atoms with van der Waals surface area (Å²) in [6, 6.07) is 13.0. The van der Waals surface area contributed by atoms with Gasteiger partial charge in [0.25, 0.3) is 0 Å². The van der Waals surface area contributed by atoms with Crippen LogP contribution in [0.3, 0.4) is 0 Å². The third-order valence-corrected chi connectivity index (χ3v) is 10.2. The molecule has 0 bridgehead atoms. The predicted octanol–water partition coefficient (Wildman–Crippen LogP) is 5.01. The summed E-state index contributed by atoms with van der Waals surface area (Å²) in [5.41, 5.74) is 1.64. The van der Waals surface area contributed by atoms with Crippen molar-refractivity contribution in [2.75, 3.05) is 11.6 Å². The van der Waals surface area contributed by atoms with Gasteiger partial charge in [-0.25, -0.2) is 22.9 Å². The molecule has 0 spiro atoms. The molecular weight excluding hydrogens is 556 g/mol. The van der Waals surface area contributed by atoms with Gasteiger partial charge in [-0.1, -0.05) is 29.8 Å². The number of hydrogen-bond acceptors (Lipinski definition) is 7. The molecule has 1 saturated carbocycles. The Morgan fingerprint density at radius 3 is 2.70 bits per heavy atom. The molecule has 3 aromatic heterocycles. The van der Waals surface area contributed by atoms with Gasteiger partial charge in [-0.05, 0) is 48.6 Å². The lowest BCUT2D eigenvalue weighted by atomic mass is 10.1. The van der Waals surface area contributed by atoms with Gasteiger partial charge in [0.15, 0.2) is 0 Å². The minimum Gasteiger partial charge on any atom is -0.465 e. The van der Waals surface area contributed by atoms with Crippen LogP contribution in [0.25, 0.3) is 21.3 Å². The first-order chi connectivity index (χ1) is 17.6. The highest BCUT2D eigenvalue weighted by Crippen LogP contribution is 2.41. The molecule has 0 radical (unpaired) electrons. The van der Waals surface area contributed by atoms with Gasteiger partial charge in [0.1, 0.15) is 5.82 Å². The molecular formula is C24H21ClN4O5S3. The molecule has 1 fully saturated rings. The quantitative estimate of drug-likeness (QED) is 0.268. The van der Waals surface area contributed by atoms with Crippen molar-refractivity contribution >= 4 is 65.8 Å². The Morgan fingerprint density at radius 1 is 1.22 bits per heavy atom. The second kappa shape index (κ2) is 10.1. The van der Waals surface area contributed by atoms with Crippen molar-refractivity contribution in [3.63, 3.8) is 0 Å². The highest BCUT2D eigenvalue weighted by Gasteiger charge is 2.38. The fraction of sp³-hybridized carbons (Fsp3) is 0.208. The van der Waals surface area contributed by atoms with Gasteiger partial charge in [0.05, 0.1) is 27.7 Å². The molecule has 2 unspecified atom stereocenters. The number of pyridine rings is 2. The van der Waals surface area contributed by atoms with Crippen LogP contribution in [0.4, 0.5) is 10.6 Å². The number of anilines is 1. The van der Waals surface area contributed by atoms with Crippen LogP contribution in [-0.4, -0.2) is 45.3 Å². The zero-order valence-corrected chi connectivity index (χ0v) is 22.5. The number of nitrogens with zero attached hydrogens (tertiary/aromatic N) is 2. The number of sulfonamides is 1. The van der Waals surface area contributed by atoms with E-state index in [-0.39, 0.29) is 16.5 Å². The Labute approximate surface area is 224 Å². The van der Waals surface area contributed by atoms with Crippen LogP contribution in [0.5, 0.6) is 0 Å². The molecule has 1 aliphatic carbocycles. The van der Waals surface area contributed by atoms with E-state index in [0.29, 0.717) is 28.3 Å². The van der Waals surface area contributed by atoms with Crippen LogP contribution in [0, 0.1) is 0 Å². The fourth-order valence-electron chi connectivity index (χ4n) is 3.89. The highest BCUT2D eigenvalue weighted by atomic mass is 35.5. The van der Waals surface area contributed by atoms with Crippen molar-refractivity contribution in [2.45, 2.75) is 29.0 Å². The molecule has 2 atom stereocenters. The fourth-order valence-corrected chi connectivity index (χ4v) is 7.46. The standard InChI is InChI=1S/C24H21ClN4O5S3/c1-36(32)14-9-10-26-18(12-14)16-4-2-3-13-11-19(35-23(13)16)22(29-37(33,34)15-5-6-15)21-17(25)7-8-20(27-21)28-24(30)31/h2-4,7-12,15,22,29H,5-6H2,1H3,(H,27,28)(H,30,31). The average Bonchev–Trinajstić information content (AvgIpc) is 3.63. The summed E-state index contributed by atoms with van der Waals surface area (Å²) < 4.78 is 41.6. The molecule has 0 saturated heterocycles. The SMILES string of the molecule is CS(=O)c1ccnc(-c2cccc3cc(C(NS(=O)(=O)C4CC4)c4nc(NC(=O)O)ccc4Cl)sc23)c1. The number of thiophene rings is 1. The number of aromatic nitrogens is 2. The normalized spacial score (nSPS) is 15.4.